The fourth-order valence-electron chi connectivity index (χ4n) is 4.47. The fraction of sp³-hybridized carbons (Fsp3) is 0.455. The van der Waals surface area contributed by atoms with Gasteiger partial charge in [-0.3, -0.25) is 0 Å². The quantitative estimate of drug-likeness (QED) is 0.647. The van der Waals surface area contributed by atoms with Crippen LogP contribution in [-0.4, -0.2) is 37.6 Å². The van der Waals surface area contributed by atoms with E-state index in [2.05, 4.69) is 0 Å². The first-order valence-corrected chi connectivity index (χ1v) is 10.2. The molecule has 30 heavy (non-hydrogen) atoms. The molecule has 2 aromatic rings. The molecule has 0 spiro atoms. The molecule has 1 aliphatic heterocycles. The van der Waals surface area contributed by atoms with Gasteiger partial charge in [0.25, 0.3) is 0 Å². The minimum atomic E-state index is -1.59. The summed E-state index contributed by atoms with van der Waals surface area (Å²) in [5.41, 5.74) is -1.43. The summed E-state index contributed by atoms with van der Waals surface area (Å²) < 4.78 is 26.3. The molecule has 4 rings (SSSR count). The van der Waals surface area contributed by atoms with Crippen LogP contribution in [0.3, 0.4) is 0 Å². The highest BCUT2D eigenvalue weighted by Gasteiger charge is 2.79. The molecule has 0 saturated heterocycles. The van der Waals surface area contributed by atoms with Gasteiger partial charge in [0.05, 0.1) is 21.3 Å². The Morgan fingerprint density at radius 3 is 2.03 bits per heavy atom. The highest BCUT2D eigenvalue weighted by Crippen LogP contribution is 2.76. The second kappa shape index (κ2) is 7.01. The zero-order valence-electron chi connectivity index (χ0n) is 17.4. The molecular formula is C22H24Cl2O6. The van der Waals surface area contributed by atoms with E-state index in [1.54, 1.807) is 30.3 Å². The molecule has 1 fully saturated rings. The van der Waals surface area contributed by atoms with Gasteiger partial charge in [-0.15, -0.1) is 23.2 Å². The summed E-state index contributed by atoms with van der Waals surface area (Å²) in [4.78, 5) is 0. The Morgan fingerprint density at radius 2 is 1.53 bits per heavy atom. The van der Waals surface area contributed by atoms with Crippen LogP contribution in [0, 0.1) is 11.3 Å². The molecule has 0 bridgehead atoms. The van der Waals surface area contributed by atoms with Gasteiger partial charge in [-0.25, -0.2) is 0 Å². The maximum Gasteiger partial charge on any atom is 0.231 e. The molecule has 162 valence electrons. The van der Waals surface area contributed by atoms with Gasteiger partial charge in [0.15, 0.2) is 23.0 Å². The third-order valence-corrected chi connectivity index (χ3v) is 8.08. The van der Waals surface area contributed by atoms with Crippen LogP contribution in [0.4, 0.5) is 0 Å². The van der Waals surface area contributed by atoms with E-state index in [1.165, 1.54) is 21.3 Å². The number of rotatable bonds is 6. The first-order valence-electron chi connectivity index (χ1n) is 9.47. The number of hydrogen-bond acceptors (Lipinski definition) is 6. The van der Waals surface area contributed by atoms with Gasteiger partial charge in [0.1, 0.15) is 9.93 Å². The van der Waals surface area contributed by atoms with Crippen LogP contribution in [0.15, 0.2) is 30.3 Å². The van der Waals surface area contributed by atoms with Crippen LogP contribution in [0.25, 0.3) is 0 Å². The Labute approximate surface area is 185 Å². The van der Waals surface area contributed by atoms with E-state index < -0.39 is 15.3 Å². The van der Waals surface area contributed by atoms with E-state index in [1.807, 2.05) is 13.8 Å². The number of ether oxygens (including phenoxy) is 5. The lowest BCUT2D eigenvalue weighted by Gasteiger charge is -2.38. The molecule has 1 saturated carbocycles. The van der Waals surface area contributed by atoms with E-state index in [4.69, 9.17) is 46.9 Å². The standard InChI is InChI=1S/C22H24Cl2O6/c1-12-20(2,22(12,23)24)21(25,13-6-7-15-16(8-13)30-11-29-15)14-9-17(26-3)19(28-5)18(10-14)27-4/h6-10,12,25H,11H2,1-5H3/t12-,20-,21-/m0/s1. The second-order valence-corrected chi connectivity index (χ2v) is 9.13. The first-order chi connectivity index (χ1) is 14.2. The van der Waals surface area contributed by atoms with Gasteiger partial charge in [-0.05, 0) is 35.4 Å². The second-order valence-electron chi connectivity index (χ2n) is 7.74. The van der Waals surface area contributed by atoms with Gasteiger partial charge in [-0.2, -0.15) is 0 Å². The maximum absolute atomic E-state index is 12.4. The SMILES string of the molecule is COc1cc([C@@](O)(c2ccc3c(c2)OCO3)[C@]2(C)[C@H](C)C2(Cl)Cl)cc(OC)c1OC. The lowest BCUT2D eigenvalue weighted by atomic mass is 9.73. The fourth-order valence-corrected chi connectivity index (χ4v) is 5.40. The van der Waals surface area contributed by atoms with Crippen molar-refractivity contribution in [1.29, 1.82) is 0 Å². The highest BCUT2D eigenvalue weighted by atomic mass is 35.5. The van der Waals surface area contributed by atoms with Crippen LogP contribution >= 0.6 is 23.2 Å². The number of halogens is 2. The van der Waals surface area contributed by atoms with Crippen molar-refractivity contribution in [2.75, 3.05) is 28.1 Å². The largest absolute Gasteiger partial charge is 0.493 e. The topological polar surface area (TPSA) is 66.4 Å². The van der Waals surface area contributed by atoms with Crippen LogP contribution in [-0.2, 0) is 5.60 Å². The van der Waals surface area contributed by atoms with Crippen molar-refractivity contribution in [3.63, 3.8) is 0 Å². The monoisotopic (exact) mass is 454 g/mol. The summed E-state index contributed by atoms with van der Waals surface area (Å²) in [6.45, 7) is 3.91. The molecule has 0 aromatic heterocycles. The maximum atomic E-state index is 12.4. The summed E-state index contributed by atoms with van der Waals surface area (Å²) in [7, 11) is 4.57. The van der Waals surface area contributed by atoms with Gasteiger partial charge in [0.2, 0.25) is 12.5 Å². The van der Waals surface area contributed by atoms with E-state index in [0.29, 0.717) is 39.9 Å². The van der Waals surface area contributed by atoms with Crippen molar-refractivity contribution in [3.05, 3.63) is 41.5 Å². The molecule has 1 aliphatic carbocycles. The van der Waals surface area contributed by atoms with Crippen LogP contribution in [0.2, 0.25) is 0 Å². The summed E-state index contributed by atoms with van der Waals surface area (Å²) in [6, 6.07) is 8.74. The number of methoxy groups -OCH3 is 3. The number of hydrogen-bond donors (Lipinski definition) is 1. The Balaban J connectivity index is 1.99. The lowest BCUT2D eigenvalue weighted by molar-refractivity contribution is 0.00102. The predicted octanol–water partition coefficient (Wildman–Crippen LogP) is 4.51. The van der Waals surface area contributed by atoms with Crippen molar-refractivity contribution in [2.45, 2.75) is 23.8 Å². The summed E-state index contributed by atoms with van der Waals surface area (Å²) in [6.07, 6.45) is 0. The zero-order chi connectivity index (χ0) is 21.9. The van der Waals surface area contributed by atoms with Crippen molar-refractivity contribution >= 4 is 23.2 Å². The van der Waals surface area contributed by atoms with Gasteiger partial charge < -0.3 is 28.8 Å². The van der Waals surface area contributed by atoms with Crippen LogP contribution in [0.5, 0.6) is 28.7 Å². The minimum absolute atomic E-state index is 0.129. The van der Waals surface area contributed by atoms with Gasteiger partial charge in [0, 0.05) is 11.3 Å². The van der Waals surface area contributed by atoms with Crippen LogP contribution < -0.4 is 23.7 Å². The smallest absolute Gasteiger partial charge is 0.231 e. The molecule has 1 heterocycles. The minimum Gasteiger partial charge on any atom is -0.493 e. The Morgan fingerprint density at radius 1 is 0.967 bits per heavy atom. The number of aliphatic hydroxyl groups is 1. The zero-order valence-corrected chi connectivity index (χ0v) is 18.9. The van der Waals surface area contributed by atoms with E-state index >= 15 is 0 Å². The predicted molar refractivity (Wildman–Crippen MR) is 113 cm³/mol. The Bertz CT molecular complexity index is 969. The lowest BCUT2D eigenvalue weighted by Crippen LogP contribution is -2.40. The summed E-state index contributed by atoms with van der Waals surface area (Å²) in [5.74, 6) is 2.21. The van der Waals surface area contributed by atoms with E-state index in [0.717, 1.165) is 0 Å². The van der Waals surface area contributed by atoms with Crippen LogP contribution in [0.1, 0.15) is 25.0 Å². The Hall–Kier alpha value is -2.02. The third kappa shape index (κ3) is 2.60. The van der Waals surface area contributed by atoms with E-state index in [9.17, 15) is 5.11 Å². The number of alkyl halides is 2. The average Bonchev–Trinajstić information content (AvgIpc) is 3.10. The molecule has 2 aliphatic rings. The molecular weight excluding hydrogens is 431 g/mol. The van der Waals surface area contributed by atoms with Gasteiger partial charge in [-0.1, -0.05) is 19.9 Å². The average molecular weight is 455 g/mol. The number of benzene rings is 2. The molecule has 3 atom stereocenters. The molecule has 2 aromatic carbocycles. The highest BCUT2D eigenvalue weighted by molar-refractivity contribution is 6.52. The molecule has 0 radical (unpaired) electrons. The molecule has 6 nitrogen and oxygen atoms in total. The van der Waals surface area contributed by atoms with Crippen molar-refractivity contribution in [1.82, 2.24) is 0 Å². The number of fused-ring (bicyclic) bond motifs is 1. The van der Waals surface area contributed by atoms with Crippen molar-refractivity contribution < 1.29 is 28.8 Å². The summed E-state index contributed by atoms with van der Waals surface area (Å²) >= 11 is 13.3. The van der Waals surface area contributed by atoms with Gasteiger partial charge >= 0.3 is 0 Å². The molecule has 0 amide bonds. The third-order valence-electron chi connectivity index (χ3n) is 6.64. The molecule has 8 heteroatoms. The Kier molecular flexibility index (Phi) is 4.96. The van der Waals surface area contributed by atoms with Crippen molar-refractivity contribution in [2.24, 2.45) is 11.3 Å². The van der Waals surface area contributed by atoms with Crippen molar-refractivity contribution in [3.8, 4) is 28.7 Å². The van der Waals surface area contributed by atoms with E-state index in [-0.39, 0.29) is 12.7 Å². The normalized spacial score (nSPS) is 25.4. The first kappa shape index (κ1) is 21.2. The molecule has 1 N–H and O–H groups in total. The molecule has 0 unspecified atom stereocenters. The summed E-state index contributed by atoms with van der Waals surface area (Å²) in [5, 5.41) is 12.4.